The van der Waals surface area contributed by atoms with E-state index >= 15 is 0 Å². The maximum Gasteiger partial charge on any atom is 0.341 e. The van der Waals surface area contributed by atoms with Gasteiger partial charge in [-0.2, -0.15) is 0 Å². The van der Waals surface area contributed by atoms with Crippen molar-refractivity contribution in [1.29, 1.82) is 0 Å². The molecule has 0 saturated heterocycles. The van der Waals surface area contributed by atoms with Crippen LogP contribution in [0.3, 0.4) is 0 Å². The van der Waals surface area contributed by atoms with Crippen molar-refractivity contribution in [3.05, 3.63) is 51.2 Å². The van der Waals surface area contributed by atoms with E-state index in [1.54, 1.807) is 24.3 Å². The standard InChI is InChI=1S/C13H8Cl3NO2/c1-19-13(18)8-5-7(6-17-12(8)16)11-9(14)3-2-4-10(11)15/h2-6H,1H3. The van der Waals surface area contributed by atoms with Crippen LogP contribution in [-0.4, -0.2) is 18.1 Å². The SMILES string of the molecule is COC(=O)c1cc(-c2c(Cl)cccc2Cl)cnc1Cl. The molecule has 0 aliphatic heterocycles. The van der Waals surface area contributed by atoms with Crippen LogP contribution in [0, 0.1) is 0 Å². The Morgan fingerprint density at radius 3 is 2.42 bits per heavy atom. The molecule has 1 heterocycles. The number of halogens is 3. The van der Waals surface area contributed by atoms with Gasteiger partial charge < -0.3 is 4.74 Å². The topological polar surface area (TPSA) is 39.2 Å². The summed E-state index contributed by atoms with van der Waals surface area (Å²) in [5.41, 5.74) is 1.36. The second-order valence-electron chi connectivity index (χ2n) is 3.65. The molecule has 0 aliphatic rings. The number of ether oxygens (including phenoxy) is 1. The molecule has 2 aromatic rings. The van der Waals surface area contributed by atoms with Crippen LogP contribution in [0.25, 0.3) is 11.1 Å². The summed E-state index contributed by atoms with van der Waals surface area (Å²) in [5.74, 6) is -0.567. The normalized spacial score (nSPS) is 10.3. The Balaban J connectivity index is 2.61. The fourth-order valence-corrected chi connectivity index (χ4v) is 2.41. The highest BCUT2D eigenvalue weighted by molar-refractivity contribution is 6.39. The Kier molecular flexibility index (Phi) is 4.30. The van der Waals surface area contributed by atoms with Crippen LogP contribution in [0.5, 0.6) is 0 Å². The molecule has 0 amide bonds. The third kappa shape index (κ3) is 2.84. The quantitative estimate of drug-likeness (QED) is 0.605. The lowest BCUT2D eigenvalue weighted by atomic mass is 10.1. The number of hydrogen-bond acceptors (Lipinski definition) is 3. The van der Waals surface area contributed by atoms with Crippen molar-refractivity contribution in [3.63, 3.8) is 0 Å². The number of benzene rings is 1. The van der Waals surface area contributed by atoms with Crippen molar-refractivity contribution >= 4 is 40.8 Å². The highest BCUT2D eigenvalue weighted by Crippen LogP contribution is 2.35. The Bertz CT molecular complexity index is 624. The Morgan fingerprint density at radius 2 is 1.84 bits per heavy atom. The summed E-state index contributed by atoms with van der Waals surface area (Å²) in [6.45, 7) is 0. The van der Waals surface area contributed by atoms with Gasteiger partial charge in [0.05, 0.1) is 12.7 Å². The molecule has 1 aromatic carbocycles. The van der Waals surface area contributed by atoms with E-state index in [-0.39, 0.29) is 10.7 Å². The van der Waals surface area contributed by atoms with E-state index in [1.165, 1.54) is 13.3 Å². The van der Waals surface area contributed by atoms with E-state index in [2.05, 4.69) is 9.72 Å². The molecule has 0 radical (unpaired) electrons. The number of aromatic nitrogens is 1. The number of nitrogens with zero attached hydrogens (tertiary/aromatic N) is 1. The fourth-order valence-electron chi connectivity index (χ4n) is 1.61. The minimum atomic E-state index is -0.567. The van der Waals surface area contributed by atoms with Crippen molar-refractivity contribution in [1.82, 2.24) is 4.98 Å². The van der Waals surface area contributed by atoms with Crippen LogP contribution in [0.2, 0.25) is 15.2 Å². The molecule has 2 rings (SSSR count). The first-order chi connectivity index (χ1) is 9.04. The average Bonchev–Trinajstić information content (AvgIpc) is 2.39. The Hall–Kier alpha value is -1.29. The van der Waals surface area contributed by atoms with Crippen molar-refractivity contribution in [2.75, 3.05) is 7.11 Å². The first-order valence-corrected chi connectivity index (χ1v) is 6.36. The lowest BCUT2D eigenvalue weighted by Gasteiger charge is -2.09. The number of methoxy groups -OCH3 is 1. The average molecular weight is 317 g/mol. The zero-order chi connectivity index (χ0) is 14.0. The summed E-state index contributed by atoms with van der Waals surface area (Å²) in [6, 6.07) is 6.69. The Morgan fingerprint density at radius 1 is 1.21 bits per heavy atom. The number of carbonyl (C=O) groups is 1. The highest BCUT2D eigenvalue weighted by atomic mass is 35.5. The lowest BCUT2D eigenvalue weighted by Crippen LogP contribution is -2.03. The number of carbonyl (C=O) groups excluding carboxylic acids is 1. The third-order valence-electron chi connectivity index (χ3n) is 2.50. The molecule has 0 atom stereocenters. The van der Waals surface area contributed by atoms with E-state index in [0.29, 0.717) is 21.2 Å². The summed E-state index contributed by atoms with van der Waals surface area (Å²) in [4.78, 5) is 15.5. The van der Waals surface area contributed by atoms with Crippen LogP contribution < -0.4 is 0 Å². The van der Waals surface area contributed by atoms with Crippen molar-refractivity contribution in [3.8, 4) is 11.1 Å². The van der Waals surface area contributed by atoms with Gasteiger partial charge in [-0.3, -0.25) is 0 Å². The van der Waals surface area contributed by atoms with E-state index in [9.17, 15) is 4.79 Å². The number of rotatable bonds is 2. The van der Waals surface area contributed by atoms with Gasteiger partial charge in [-0.25, -0.2) is 9.78 Å². The van der Waals surface area contributed by atoms with Gasteiger partial charge in [-0.15, -0.1) is 0 Å². The van der Waals surface area contributed by atoms with Gasteiger partial charge >= 0.3 is 5.97 Å². The van der Waals surface area contributed by atoms with Crippen molar-refractivity contribution in [2.45, 2.75) is 0 Å². The van der Waals surface area contributed by atoms with Crippen molar-refractivity contribution < 1.29 is 9.53 Å². The summed E-state index contributed by atoms with van der Waals surface area (Å²) in [6.07, 6.45) is 1.50. The van der Waals surface area contributed by atoms with Gasteiger partial charge in [0.15, 0.2) is 0 Å². The molecule has 0 fully saturated rings. The van der Waals surface area contributed by atoms with E-state index in [0.717, 1.165) is 0 Å². The van der Waals surface area contributed by atoms with Crippen LogP contribution in [0.4, 0.5) is 0 Å². The van der Waals surface area contributed by atoms with E-state index < -0.39 is 5.97 Å². The van der Waals surface area contributed by atoms with Gasteiger partial charge in [0.1, 0.15) is 5.15 Å². The summed E-state index contributed by atoms with van der Waals surface area (Å²) in [5, 5.41) is 0.999. The van der Waals surface area contributed by atoms with Gasteiger partial charge in [0, 0.05) is 27.4 Å². The highest BCUT2D eigenvalue weighted by Gasteiger charge is 2.16. The van der Waals surface area contributed by atoms with Crippen LogP contribution in [-0.2, 0) is 4.74 Å². The molecule has 3 nitrogen and oxygen atoms in total. The van der Waals surface area contributed by atoms with Crippen LogP contribution in [0.1, 0.15) is 10.4 Å². The predicted octanol–water partition coefficient (Wildman–Crippen LogP) is 4.50. The van der Waals surface area contributed by atoms with Gasteiger partial charge in [0.2, 0.25) is 0 Å². The molecule has 0 saturated carbocycles. The zero-order valence-corrected chi connectivity index (χ0v) is 12.1. The van der Waals surface area contributed by atoms with E-state index in [1.807, 2.05) is 0 Å². The van der Waals surface area contributed by atoms with Crippen LogP contribution >= 0.6 is 34.8 Å². The maximum absolute atomic E-state index is 11.6. The first kappa shape index (κ1) is 14.1. The van der Waals surface area contributed by atoms with E-state index in [4.69, 9.17) is 34.8 Å². The molecular weight excluding hydrogens is 309 g/mol. The third-order valence-corrected chi connectivity index (χ3v) is 3.43. The predicted molar refractivity (Wildman–Crippen MR) is 76.0 cm³/mol. The molecule has 0 unspecified atom stereocenters. The molecule has 1 aromatic heterocycles. The summed E-state index contributed by atoms with van der Waals surface area (Å²) >= 11 is 18.1. The maximum atomic E-state index is 11.6. The minimum Gasteiger partial charge on any atom is -0.465 e. The van der Waals surface area contributed by atoms with Crippen molar-refractivity contribution in [2.24, 2.45) is 0 Å². The second-order valence-corrected chi connectivity index (χ2v) is 4.82. The second kappa shape index (κ2) is 5.78. The Labute approximate surface area is 125 Å². The number of pyridine rings is 1. The summed E-state index contributed by atoms with van der Waals surface area (Å²) in [7, 11) is 1.27. The molecule has 6 heteroatoms. The molecule has 98 valence electrons. The minimum absolute atomic E-state index is 0.0683. The monoisotopic (exact) mass is 315 g/mol. The molecule has 19 heavy (non-hydrogen) atoms. The lowest BCUT2D eigenvalue weighted by molar-refractivity contribution is 0.0600. The first-order valence-electron chi connectivity index (χ1n) is 5.23. The van der Waals surface area contributed by atoms with Gasteiger partial charge in [-0.05, 0) is 18.2 Å². The molecular formula is C13H8Cl3NO2. The molecule has 0 bridgehead atoms. The fraction of sp³-hybridized carbons (Fsp3) is 0.0769. The summed E-state index contributed by atoms with van der Waals surface area (Å²) < 4.78 is 4.64. The molecule has 0 N–H and O–H groups in total. The number of esters is 1. The number of hydrogen-bond donors (Lipinski definition) is 0. The zero-order valence-electron chi connectivity index (χ0n) is 9.78. The smallest absolute Gasteiger partial charge is 0.341 e. The largest absolute Gasteiger partial charge is 0.465 e. The molecule has 0 aliphatic carbocycles. The van der Waals surface area contributed by atoms with Crippen LogP contribution in [0.15, 0.2) is 30.5 Å². The van der Waals surface area contributed by atoms with Gasteiger partial charge in [0.25, 0.3) is 0 Å². The van der Waals surface area contributed by atoms with Gasteiger partial charge in [-0.1, -0.05) is 40.9 Å². The molecule has 0 spiro atoms.